The van der Waals surface area contributed by atoms with Gasteiger partial charge in [0.25, 0.3) is 0 Å². The van der Waals surface area contributed by atoms with Crippen molar-refractivity contribution in [2.24, 2.45) is 0 Å². The van der Waals surface area contributed by atoms with Crippen LogP contribution in [-0.2, 0) is 19.5 Å². The van der Waals surface area contributed by atoms with Crippen LogP contribution in [0, 0.1) is 13.8 Å². The van der Waals surface area contributed by atoms with E-state index < -0.39 is 0 Å². The van der Waals surface area contributed by atoms with Gasteiger partial charge in [-0.05, 0) is 0 Å². The number of hydrogen-bond donors (Lipinski definition) is 0. The van der Waals surface area contributed by atoms with Crippen molar-refractivity contribution < 1.29 is 25.0 Å². The molecule has 0 heterocycles. The fourth-order valence-corrected chi connectivity index (χ4v) is 1.56. The third-order valence-corrected chi connectivity index (χ3v) is 2.71. The van der Waals surface area contributed by atoms with Gasteiger partial charge in [0.05, 0.1) is 0 Å². The first-order valence-corrected chi connectivity index (χ1v) is 7.41. The molecule has 2 N–H and O–H groups in total. The zero-order valence-corrected chi connectivity index (χ0v) is 16.1. The molecule has 0 aliphatic rings. The van der Waals surface area contributed by atoms with E-state index in [0.717, 1.165) is 12.8 Å². The van der Waals surface area contributed by atoms with E-state index in [1.165, 1.54) is 64.2 Å². The van der Waals surface area contributed by atoms with Crippen LogP contribution in [0.15, 0.2) is 0 Å². The van der Waals surface area contributed by atoms with Crippen LogP contribution in [0.25, 0.3) is 0 Å². The van der Waals surface area contributed by atoms with Gasteiger partial charge < -0.3 is 19.3 Å². The van der Waals surface area contributed by atoms with E-state index in [2.05, 4.69) is 27.7 Å². The van der Waals surface area contributed by atoms with Crippen molar-refractivity contribution in [3.8, 4) is 0 Å². The van der Waals surface area contributed by atoms with Crippen molar-refractivity contribution in [3.63, 3.8) is 0 Å². The molecular weight excluding hydrogens is 274 g/mol. The normalized spacial score (nSPS) is 8.67. The second kappa shape index (κ2) is 30.5. The van der Waals surface area contributed by atoms with Crippen LogP contribution >= 0.6 is 0 Å². The van der Waals surface area contributed by atoms with E-state index in [0.29, 0.717) is 0 Å². The quantitative estimate of drug-likeness (QED) is 0.288. The standard InChI is InChI=1S/2C8H17.H2O.Zn/c2*1-3-5-7-8-6-4-2;;/h2*1,3-8H2,2H3;1H2;/q2*-1;;+2. The Bertz CT molecular complexity index is 73.1. The number of rotatable bonds is 10. The van der Waals surface area contributed by atoms with E-state index in [9.17, 15) is 0 Å². The molecule has 0 aromatic rings. The molecule has 0 radical (unpaired) electrons. The minimum atomic E-state index is 0. The SMILES string of the molecule is O.[CH2-]CCCCCCC.[CH2-]CCCCCCC.[Zn+2]. The average molecular weight is 310 g/mol. The van der Waals surface area contributed by atoms with Gasteiger partial charge in [0.1, 0.15) is 0 Å². The van der Waals surface area contributed by atoms with Crippen molar-refractivity contribution in [3.05, 3.63) is 13.8 Å². The predicted molar refractivity (Wildman–Crippen MR) is 81.1 cm³/mol. The molecule has 0 saturated carbocycles. The molecule has 0 saturated heterocycles. The molecule has 0 spiro atoms. The number of unbranched alkanes of at least 4 members (excludes halogenated alkanes) is 10. The molecule has 1 nitrogen and oxygen atoms in total. The van der Waals surface area contributed by atoms with Gasteiger partial charge in [0, 0.05) is 0 Å². The van der Waals surface area contributed by atoms with Crippen molar-refractivity contribution in [2.45, 2.75) is 90.9 Å². The van der Waals surface area contributed by atoms with Crippen LogP contribution in [0.1, 0.15) is 90.9 Å². The van der Waals surface area contributed by atoms with Gasteiger partial charge in [-0.1, -0.05) is 78.1 Å². The van der Waals surface area contributed by atoms with Crippen LogP contribution in [0.3, 0.4) is 0 Å². The van der Waals surface area contributed by atoms with Crippen LogP contribution < -0.4 is 0 Å². The minimum Gasteiger partial charge on any atom is -0.412 e. The maximum absolute atomic E-state index is 3.78. The van der Waals surface area contributed by atoms with E-state index in [1.54, 1.807) is 0 Å². The summed E-state index contributed by atoms with van der Waals surface area (Å²) in [4.78, 5) is 0. The second-order valence-corrected chi connectivity index (χ2v) is 4.54. The summed E-state index contributed by atoms with van der Waals surface area (Å²) in [6.07, 6.45) is 16.0. The largest absolute Gasteiger partial charge is 2.00 e. The summed E-state index contributed by atoms with van der Waals surface area (Å²) in [5.74, 6) is 0. The first-order chi connectivity index (χ1) is 7.83. The fraction of sp³-hybridized carbons (Fsp3) is 0.875. The Kier molecular flexibility index (Phi) is 45.8. The molecule has 0 rings (SSSR count). The van der Waals surface area contributed by atoms with Crippen molar-refractivity contribution in [1.29, 1.82) is 0 Å². The second-order valence-electron chi connectivity index (χ2n) is 4.54. The molecular formula is C16H36OZn. The molecule has 0 aliphatic heterocycles. The number of hydrogen-bond acceptors (Lipinski definition) is 0. The Morgan fingerprint density at radius 2 is 0.833 bits per heavy atom. The van der Waals surface area contributed by atoms with Gasteiger partial charge in [0.15, 0.2) is 0 Å². The van der Waals surface area contributed by atoms with Gasteiger partial charge in [-0.25, -0.2) is 0 Å². The fourth-order valence-electron chi connectivity index (χ4n) is 1.56. The van der Waals surface area contributed by atoms with E-state index in [4.69, 9.17) is 0 Å². The summed E-state index contributed by atoms with van der Waals surface area (Å²) in [5.41, 5.74) is 0. The summed E-state index contributed by atoms with van der Waals surface area (Å²) in [6, 6.07) is 0. The summed E-state index contributed by atoms with van der Waals surface area (Å²) in [6.45, 7) is 12.0. The van der Waals surface area contributed by atoms with Crippen LogP contribution in [0.2, 0.25) is 0 Å². The Morgan fingerprint density at radius 3 is 1.06 bits per heavy atom. The van der Waals surface area contributed by atoms with E-state index >= 15 is 0 Å². The monoisotopic (exact) mass is 308 g/mol. The van der Waals surface area contributed by atoms with Gasteiger partial charge in [-0.15, -0.1) is 0 Å². The third kappa shape index (κ3) is 36.0. The van der Waals surface area contributed by atoms with E-state index in [-0.39, 0.29) is 25.0 Å². The first kappa shape index (κ1) is 27.0. The molecule has 18 heavy (non-hydrogen) atoms. The van der Waals surface area contributed by atoms with Crippen molar-refractivity contribution in [1.82, 2.24) is 0 Å². The summed E-state index contributed by atoms with van der Waals surface area (Å²) >= 11 is 0. The Balaban J connectivity index is -0.0000000980. The minimum absolute atomic E-state index is 0. The summed E-state index contributed by atoms with van der Waals surface area (Å²) in [5, 5.41) is 0. The zero-order valence-electron chi connectivity index (χ0n) is 13.1. The maximum Gasteiger partial charge on any atom is 2.00 e. The molecule has 0 aliphatic carbocycles. The Labute approximate surface area is 130 Å². The molecule has 0 fully saturated rings. The maximum atomic E-state index is 3.78. The molecule has 0 bridgehead atoms. The smallest absolute Gasteiger partial charge is 0.412 e. The van der Waals surface area contributed by atoms with Crippen LogP contribution in [-0.4, -0.2) is 5.48 Å². The van der Waals surface area contributed by atoms with Gasteiger partial charge in [-0.3, -0.25) is 0 Å². The van der Waals surface area contributed by atoms with Crippen LogP contribution in [0.4, 0.5) is 0 Å². The average Bonchev–Trinajstić information content (AvgIpc) is 2.31. The predicted octanol–water partition coefficient (Wildman–Crippen LogP) is 5.53. The Morgan fingerprint density at radius 1 is 0.556 bits per heavy atom. The molecule has 2 heteroatoms. The Hall–Kier alpha value is 0.583. The van der Waals surface area contributed by atoms with Gasteiger partial charge >= 0.3 is 19.5 Å². The van der Waals surface area contributed by atoms with E-state index in [1.807, 2.05) is 0 Å². The third-order valence-electron chi connectivity index (χ3n) is 2.71. The molecule has 0 atom stereocenters. The first-order valence-electron chi connectivity index (χ1n) is 7.41. The van der Waals surface area contributed by atoms with Crippen molar-refractivity contribution >= 4 is 0 Å². The van der Waals surface area contributed by atoms with Gasteiger partial charge in [0.2, 0.25) is 0 Å². The zero-order chi connectivity index (χ0) is 12.5. The topological polar surface area (TPSA) is 31.5 Å². The van der Waals surface area contributed by atoms with Gasteiger partial charge in [-0.2, -0.15) is 12.8 Å². The molecule has 0 aromatic heterocycles. The van der Waals surface area contributed by atoms with Crippen molar-refractivity contribution in [2.75, 3.05) is 0 Å². The summed E-state index contributed by atoms with van der Waals surface area (Å²) in [7, 11) is 0. The molecule has 0 amide bonds. The molecule has 0 aromatic carbocycles. The summed E-state index contributed by atoms with van der Waals surface area (Å²) < 4.78 is 0. The van der Waals surface area contributed by atoms with Crippen LogP contribution in [0.5, 0.6) is 0 Å². The molecule has 108 valence electrons. The molecule has 0 unspecified atom stereocenters.